The third-order valence-corrected chi connectivity index (χ3v) is 4.55. The number of benzene rings is 3. The fraction of sp³-hybridized carbons (Fsp3) is 0.130. The number of hydrogen-bond donors (Lipinski definition) is 2. The Morgan fingerprint density at radius 2 is 1.97 bits per heavy atom. The summed E-state index contributed by atoms with van der Waals surface area (Å²) in [5.74, 6) is 1.32. The average molecular weight is 404 g/mol. The number of methoxy groups -OCH3 is 1. The second-order valence-corrected chi connectivity index (χ2v) is 6.77. The minimum Gasteiger partial charge on any atom is -0.493 e. The Hall–Kier alpha value is -3.87. The fourth-order valence-corrected chi connectivity index (χ4v) is 3.00. The zero-order chi connectivity index (χ0) is 20.9. The van der Waals surface area contributed by atoms with Gasteiger partial charge in [0.05, 0.1) is 24.4 Å². The molecule has 6 nitrogen and oxygen atoms in total. The molecule has 0 aliphatic heterocycles. The van der Waals surface area contributed by atoms with Crippen molar-refractivity contribution >= 4 is 23.2 Å². The molecule has 0 unspecified atom stereocenters. The number of nitrogens with one attached hydrogen (secondary N) is 2. The molecule has 7 heteroatoms. The second-order valence-electron chi connectivity index (χ2n) is 6.77. The molecule has 4 rings (SSSR count). The molecule has 1 heterocycles. The molecule has 152 valence electrons. The van der Waals surface area contributed by atoms with Gasteiger partial charge in [-0.3, -0.25) is 0 Å². The molecular weight excluding hydrogens is 383 g/mol. The fourth-order valence-electron chi connectivity index (χ4n) is 3.00. The van der Waals surface area contributed by atoms with Crippen molar-refractivity contribution in [3.8, 4) is 11.5 Å². The monoisotopic (exact) mass is 404 g/mol. The third-order valence-electron chi connectivity index (χ3n) is 4.55. The van der Waals surface area contributed by atoms with E-state index >= 15 is 0 Å². The van der Waals surface area contributed by atoms with E-state index in [1.807, 2.05) is 31.2 Å². The summed E-state index contributed by atoms with van der Waals surface area (Å²) < 4.78 is 24.9. The van der Waals surface area contributed by atoms with Crippen molar-refractivity contribution in [2.45, 2.75) is 13.5 Å². The van der Waals surface area contributed by atoms with Crippen molar-refractivity contribution in [2.75, 3.05) is 12.5 Å². The van der Waals surface area contributed by atoms with E-state index in [0.717, 1.165) is 22.2 Å². The van der Waals surface area contributed by atoms with Gasteiger partial charge in [0.1, 0.15) is 12.4 Å². The van der Waals surface area contributed by atoms with E-state index in [9.17, 15) is 4.39 Å². The summed E-state index contributed by atoms with van der Waals surface area (Å²) in [6.45, 7) is 2.15. The molecule has 30 heavy (non-hydrogen) atoms. The third kappa shape index (κ3) is 4.41. The van der Waals surface area contributed by atoms with Crippen LogP contribution in [0.2, 0.25) is 0 Å². The van der Waals surface area contributed by atoms with E-state index in [4.69, 9.17) is 9.47 Å². The zero-order valence-electron chi connectivity index (χ0n) is 16.6. The number of H-pyrrole nitrogens is 1. The van der Waals surface area contributed by atoms with Gasteiger partial charge in [0, 0.05) is 5.56 Å². The Labute approximate surface area is 173 Å². The van der Waals surface area contributed by atoms with Gasteiger partial charge in [-0.1, -0.05) is 24.3 Å². The molecule has 0 fully saturated rings. The second kappa shape index (κ2) is 8.65. The van der Waals surface area contributed by atoms with Crippen LogP contribution in [0.15, 0.2) is 65.8 Å². The van der Waals surface area contributed by atoms with Crippen molar-refractivity contribution in [1.29, 1.82) is 0 Å². The van der Waals surface area contributed by atoms with E-state index in [2.05, 4.69) is 20.5 Å². The van der Waals surface area contributed by atoms with E-state index < -0.39 is 0 Å². The van der Waals surface area contributed by atoms with Crippen LogP contribution in [0.3, 0.4) is 0 Å². The summed E-state index contributed by atoms with van der Waals surface area (Å²) in [7, 11) is 1.56. The largest absolute Gasteiger partial charge is 0.493 e. The van der Waals surface area contributed by atoms with Crippen LogP contribution in [0, 0.1) is 12.7 Å². The number of imidazole rings is 1. The first-order valence-corrected chi connectivity index (χ1v) is 9.42. The van der Waals surface area contributed by atoms with Gasteiger partial charge in [-0.05, 0) is 54.4 Å². The Balaban J connectivity index is 1.43. The lowest BCUT2D eigenvalue weighted by molar-refractivity contribution is 0.279. The topological polar surface area (TPSA) is 71.5 Å². The molecule has 2 N–H and O–H groups in total. The predicted molar refractivity (Wildman–Crippen MR) is 116 cm³/mol. The lowest BCUT2D eigenvalue weighted by Crippen LogP contribution is -2.00. The number of halogens is 1. The van der Waals surface area contributed by atoms with Crippen LogP contribution in [0.25, 0.3) is 11.0 Å². The molecule has 0 saturated heterocycles. The van der Waals surface area contributed by atoms with Gasteiger partial charge in [-0.15, -0.1) is 0 Å². The number of fused-ring (bicyclic) bond motifs is 1. The number of aryl methyl sites for hydroxylation is 1. The van der Waals surface area contributed by atoms with Crippen LogP contribution < -0.4 is 14.9 Å². The van der Waals surface area contributed by atoms with Crippen molar-refractivity contribution in [1.82, 2.24) is 9.97 Å². The first-order chi connectivity index (χ1) is 14.6. The SMILES string of the molecule is COc1cc(/C=N\Nc2nc3ccc(C)cc3[nH]2)ccc1OCc1ccccc1F. The first-order valence-electron chi connectivity index (χ1n) is 9.42. The average Bonchev–Trinajstić information content (AvgIpc) is 3.15. The van der Waals surface area contributed by atoms with Crippen LogP contribution in [0.4, 0.5) is 10.3 Å². The van der Waals surface area contributed by atoms with Crippen LogP contribution in [-0.4, -0.2) is 23.3 Å². The number of rotatable bonds is 7. The summed E-state index contributed by atoms with van der Waals surface area (Å²) >= 11 is 0. The first kappa shape index (κ1) is 19.4. The Bertz CT molecular complexity index is 1200. The van der Waals surface area contributed by atoms with Gasteiger partial charge in [0.25, 0.3) is 0 Å². The summed E-state index contributed by atoms with van der Waals surface area (Å²) in [5, 5.41) is 4.23. The van der Waals surface area contributed by atoms with Crippen LogP contribution in [0.5, 0.6) is 11.5 Å². The smallest absolute Gasteiger partial charge is 0.222 e. The number of hydrogen-bond acceptors (Lipinski definition) is 5. The van der Waals surface area contributed by atoms with Crippen molar-refractivity contribution in [2.24, 2.45) is 5.10 Å². The highest BCUT2D eigenvalue weighted by Crippen LogP contribution is 2.28. The van der Waals surface area contributed by atoms with Gasteiger partial charge < -0.3 is 14.5 Å². The summed E-state index contributed by atoms with van der Waals surface area (Å²) in [6, 6.07) is 17.9. The van der Waals surface area contributed by atoms with Gasteiger partial charge >= 0.3 is 0 Å². The Kier molecular flexibility index (Phi) is 5.61. The number of anilines is 1. The van der Waals surface area contributed by atoms with E-state index in [1.54, 1.807) is 43.7 Å². The molecule has 0 aliphatic carbocycles. The molecule has 3 aromatic carbocycles. The highest BCUT2D eigenvalue weighted by Gasteiger charge is 2.08. The standard InChI is InChI=1S/C23H21FN4O2/c1-15-7-9-19-20(11-15)27-23(26-19)28-25-13-16-8-10-21(22(12-16)29-2)30-14-17-5-3-4-6-18(17)24/h3-13H,14H2,1-2H3,(H2,26,27,28)/b25-13-. The zero-order valence-corrected chi connectivity index (χ0v) is 16.6. The normalized spacial score (nSPS) is 11.2. The maximum absolute atomic E-state index is 13.8. The summed E-state index contributed by atoms with van der Waals surface area (Å²) in [6.07, 6.45) is 1.65. The molecular formula is C23H21FN4O2. The molecule has 4 aromatic rings. The van der Waals surface area contributed by atoms with E-state index in [0.29, 0.717) is 23.0 Å². The number of aromatic amines is 1. The molecule has 0 amide bonds. The predicted octanol–water partition coefficient (Wildman–Crippen LogP) is 5.04. The van der Waals surface area contributed by atoms with Gasteiger partial charge in [0.15, 0.2) is 11.5 Å². The highest BCUT2D eigenvalue weighted by molar-refractivity contribution is 5.82. The van der Waals surface area contributed by atoms with Gasteiger partial charge in [-0.25, -0.2) is 14.8 Å². The van der Waals surface area contributed by atoms with Gasteiger partial charge in [-0.2, -0.15) is 5.10 Å². The highest BCUT2D eigenvalue weighted by atomic mass is 19.1. The molecule has 0 aliphatic rings. The maximum atomic E-state index is 13.8. The molecule has 0 radical (unpaired) electrons. The Morgan fingerprint density at radius 1 is 1.10 bits per heavy atom. The number of aromatic nitrogens is 2. The van der Waals surface area contributed by atoms with E-state index in [-0.39, 0.29) is 12.4 Å². The lowest BCUT2D eigenvalue weighted by atomic mass is 10.2. The number of nitrogens with zero attached hydrogens (tertiary/aromatic N) is 2. The van der Waals surface area contributed by atoms with Crippen molar-refractivity contribution in [3.05, 3.63) is 83.2 Å². The van der Waals surface area contributed by atoms with Crippen molar-refractivity contribution in [3.63, 3.8) is 0 Å². The van der Waals surface area contributed by atoms with Crippen molar-refractivity contribution < 1.29 is 13.9 Å². The summed E-state index contributed by atoms with van der Waals surface area (Å²) in [4.78, 5) is 7.62. The minimum absolute atomic E-state index is 0.115. The number of hydrazone groups is 1. The van der Waals surface area contributed by atoms with Crippen LogP contribution in [0.1, 0.15) is 16.7 Å². The lowest BCUT2D eigenvalue weighted by Gasteiger charge is -2.11. The van der Waals surface area contributed by atoms with E-state index in [1.165, 1.54) is 6.07 Å². The maximum Gasteiger partial charge on any atom is 0.222 e. The molecule has 1 aromatic heterocycles. The van der Waals surface area contributed by atoms with Crippen LogP contribution in [-0.2, 0) is 6.61 Å². The molecule has 0 atom stereocenters. The van der Waals surface area contributed by atoms with Crippen LogP contribution >= 0.6 is 0 Å². The molecule has 0 saturated carbocycles. The molecule has 0 spiro atoms. The Morgan fingerprint density at radius 3 is 2.80 bits per heavy atom. The van der Waals surface area contributed by atoms with Gasteiger partial charge in [0.2, 0.25) is 5.95 Å². The minimum atomic E-state index is -0.299. The number of ether oxygens (including phenoxy) is 2. The summed E-state index contributed by atoms with van der Waals surface area (Å²) in [5.41, 5.74) is 7.17. The quantitative estimate of drug-likeness (QED) is 0.334. The molecule has 0 bridgehead atoms.